The van der Waals surface area contributed by atoms with E-state index in [-0.39, 0.29) is 11.7 Å². The van der Waals surface area contributed by atoms with Gasteiger partial charge in [-0.3, -0.25) is 4.79 Å². The molecule has 1 amide bonds. The first-order valence-corrected chi connectivity index (χ1v) is 6.48. The lowest BCUT2D eigenvalue weighted by atomic mass is 10.1. The van der Waals surface area contributed by atoms with Crippen molar-refractivity contribution in [3.63, 3.8) is 0 Å². The van der Waals surface area contributed by atoms with E-state index < -0.39 is 6.04 Å². The fourth-order valence-corrected chi connectivity index (χ4v) is 2.00. The second-order valence-electron chi connectivity index (χ2n) is 4.01. The van der Waals surface area contributed by atoms with Crippen LogP contribution in [-0.2, 0) is 4.79 Å². The summed E-state index contributed by atoms with van der Waals surface area (Å²) in [6.45, 7) is 0. The van der Waals surface area contributed by atoms with Crippen molar-refractivity contribution in [3.8, 4) is 5.75 Å². The van der Waals surface area contributed by atoms with Gasteiger partial charge in [0.05, 0.1) is 10.2 Å². The van der Waals surface area contributed by atoms with Gasteiger partial charge >= 0.3 is 0 Å². The zero-order valence-corrected chi connectivity index (χ0v) is 11.6. The maximum absolute atomic E-state index is 12.0. The Labute approximate surface area is 119 Å². The molecular formula is C14H13BrN2O2. The summed E-state index contributed by atoms with van der Waals surface area (Å²) in [5, 5.41) is 12.4. The van der Waals surface area contributed by atoms with E-state index in [9.17, 15) is 9.90 Å². The minimum Gasteiger partial charge on any atom is -0.505 e. The lowest BCUT2D eigenvalue weighted by Gasteiger charge is -2.13. The molecule has 2 rings (SSSR count). The van der Waals surface area contributed by atoms with E-state index >= 15 is 0 Å². The highest BCUT2D eigenvalue weighted by Crippen LogP contribution is 2.31. The van der Waals surface area contributed by atoms with Crippen LogP contribution in [-0.4, -0.2) is 11.0 Å². The Hall–Kier alpha value is -1.85. The molecule has 0 saturated heterocycles. The maximum Gasteiger partial charge on any atom is 0.245 e. The highest BCUT2D eigenvalue weighted by molar-refractivity contribution is 9.10. The predicted molar refractivity (Wildman–Crippen MR) is 77.8 cm³/mol. The molecule has 0 bridgehead atoms. The summed E-state index contributed by atoms with van der Waals surface area (Å²) in [6, 6.07) is 13.3. The molecule has 0 heterocycles. The van der Waals surface area contributed by atoms with E-state index in [4.69, 9.17) is 5.73 Å². The third-order valence-corrected chi connectivity index (χ3v) is 3.33. The number of amides is 1. The number of aromatic hydroxyl groups is 1. The van der Waals surface area contributed by atoms with E-state index in [0.29, 0.717) is 10.2 Å². The number of rotatable bonds is 3. The Balaban J connectivity index is 2.15. The third-order valence-electron chi connectivity index (χ3n) is 2.69. The van der Waals surface area contributed by atoms with Gasteiger partial charge in [0.1, 0.15) is 6.04 Å². The van der Waals surface area contributed by atoms with Crippen molar-refractivity contribution in [3.05, 3.63) is 58.6 Å². The number of halogens is 1. The minimum absolute atomic E-state index is 0.0175. The van der Waals surface area contributed by atoms with Gasteiger partial charge in [-0.15, -0.1) is 0 Å². The summed E-state index contributed by atoms with van der Waals surface area (Å²) in [4.78, 5) is 12.0. The zero-order valence-electron chi connectivity index (χ0n) is 10.0. The number of nitrogens with two attached hydrogens (primary N) is 1. The van der Waals surface area contributed by atoms with Crippen molar-refractivity contribution in [2.24, 2.45) is 5.73 Å². The number of carbonyl (C=O) groups is 1. The first-order valence-electron chi connectivity index (χ1n) is 5.68. The molecule has 0 radical (unpaired) electrons. The van der Waals surface area contributed by atoms with Gasteiger partial charge in [-0.1, -0.05) is 36.4 Å². The smallest absolute Gasteiger partial charge is 0.245 e. The molecule has 0 aliphatic rings. The third kappa shape index (κ3) is 3.13. The van der Waals surface area contributed by atoms with E-state index in [1.54, 1.807) is 30.3 Å². The first-order chi connectivity index (χ1) is 9.09. The summed E-state index contributed by atoms with van der Waals surface area (Å²) in [5.74, 6) is -0.393. The Morgan fingerprint density at radius 1 is 1.16 bits per heavy atom. The number of carbonyl (C=O) groups excluding carboxylic acids is 1. The van der Waals surface area contributed by atoms with Gasteiger partial charge in [-0.25, -0.2) is 0 Å². The number of nitrogens with one attached hydrogen (secondary N) is 1. The first kappa shape index (κ1) is 13.6. The van der Waals surface area contributed by atoms with Crippen molar-refractivity contribution in [1.82, 2.24) is 0 Å². The number of benzene rings is 2. The molecule has 4 N–H and O–H groups in total. The molecule has 0 spiro atoms. The largest absolute Gasteiger partial charge is 0.505 e. The van der Waals surface area contributed by atoms with Gasteiger partial charge in [0.25, 0.3) is 0 Å². The zero-order chi connectivity index (χ0) is 13.8. The van der Waals surface area contributed by atoms with E-state index in [1.165, 1.54) is 0 Å². The van der Waals surface area contributed by atoms with Crippen LogP contribution in [0.1, 0.15) is 11.6 Å². The highest BCUT2D eigenvalue weighted by Gasteiger charge is 2.17. The van der Waals surface area contributed by atoms with Crippen LogP contribution in [0.15, 0.2) is 53.0 Å². The molecule has 1 atom stereocenters. The molecule has 2 aromatic rings. The summed E-state index contributed by atoms with van der Waals surface area (Å²) < 4.78 is 0.513. The molecule has 0 aromatic heterocycles. The van der Waals surface area contributed by atoms with Gasteiger partial charge in [0.2, 0.25) is 5.91 Å². The topological polar surface area (TPSA) is 75.4 Å². The number of hydrogen-bond acceptors (Lipinski definition) is 3. The monoisotopic (exact) mass is 320 g/mol. The molecule has 4 nitrogen and oxygen atoms in total. The lowest BCUT2D eigenvalue weighted by molar-refractivity contribution is -0.117. The molecule has 1 unspecified atom stereocenters. The Kier molecular flexibility index (Phi) is 4.19. The molecule has 0 fully saturated rings. The molecule has 0 aliphatic carbocycles. The lowest BCUT2D eigenvalue weighted by Crippen LogP contribution is -2.27. The van der Waals surface area contributed by atoms with Crippen LogP contribution in [0.5, 0.6) is 5.75 Å². The average molecular weight is 321 g/mol. The minimum atomic E-state index is -0.778. The van der Waals surface area contributed by atoms with E-state index in [1.807, 2.05) is 18.2 Å². The molecule has 19 heavy (non-hydrogen) atoms. The summed E-state index contributed by atoms with van der Waals surface area (Å²) in [7, 11) is 0. The average Bonchev–Trinajstić information content (AvgIpc) is 2.44. The van der Waals surface area contributed by atoms with Gasteiger partial charge in [0.15, 0.2) is 5.75 Å². The maximum atomic E-state index is 12.0. The van der Waals surface area contributed by atoms with Gasteiger partial charge in [0, 0.05) is 0 Å². The fraction of sp³-hybridized carbons (Fsp3) is 0.0714. The quantitative estimate of drug-likeness (QED) is 0.761. The molecule has 2 aromatic carbocycles. The molecular weight excluding hydrogens is 308 g/mol. The van der Waals surface area contributed by atoms with Crippen LogP contribution in [0.25, 0.3) is 0 Å². The van der Waals surface area contributed by atoms with Crippen LogP contribution >= 0.6 is 15.9 Å². The number of phenolic OH excluding ortho intramolecular Hbond substituents is 1. The molecule has 0 aliphatic heterocycles. The molecule has 98 valence electrons. The van der Waals surface area contributed by atoms with Crippen LogP contribution in [0.3, 0.4) is 0 Å². The van der Waals surface area contributed by atoms with Crippen molar-refractivity contribution in [1.29, 1.82) is 0 Å². The normalized spacial score (nSPS) is 11.9. The predicted octanol–water partition coefficient (Wildman–Crippen LogP) is 2.79. The fourth-order valence-electron chi connectivity index (χ4n) is 1.64. The Morgan fingerprint density at radius 3 is 2.53 bits per heavy atom. The standard InChI is InChI=1S/C14H13BrN2O2/c15-10-7-4-8-11(13(10)18)17-14(19)12(16)9-5-2-1-3-6-9/h1-8,12,18H,16H2,(H,17,19). The SMILES string of the molecule is NC(C(=O)Nc1cccc(Br)c1O)c1ccccc1. The van der Waals surface area contributed by atoms with Crippen molar-refractivity contribution in [2.45, 2.75) is 6.04 Å². The number of anilines is 1. The summed E-state index contributed by atoms with van der Waals surface area (Å²) in [6.07, 6.45) is 0. The van der Waals surface area contributed by atoms with Crippen molar-refractivity contribution >= 4 is 27.5 Å². The summed E-state index contributed by atoms with van der Waals surface area (Å²) >= 11 is 3.19. The van der Waals surface area contributed by atoms with Crippen molar-refractivity contribution in [2.75, 3.05) is 5.32 Å². The van der Waals surface area contributed by atoms with Crippen LogP contribution < -0.4 is 11.1 Å². The van der Waals surface area contributed by atoms with Crippen LogP contribution in [0.2, 0.25) is 0 Å². The van der Waals surface area contributed by atoms with E-state index in [2.05, 4.69) is 21.2 Å². The Morgan fingerprint density at radius 2 is 1.84 bits per heavy atom. The van der Waals surface area contributed by atoms with Crippen LogP contribution in [0, 0.1) is 0 Å². The second-order valence-corrected chi connectivity index (χ2v) is 4.87. The summed E-state index contributed by atoms with van der Waals surface area (Å²) in [5.41, 5.74) is 6.91. The van der Waals surface area contributed by atoms with E-state index in [0.717, 1.165) is 5.56 Å². The molecule has 0 saturated carbocycles. The number of para-hydroxylation sites is 1. The molecule has 5 heteroatoms. The van der Waals surface area contributed by atoms with Crippen molar-refractivity contribution < 1.29 is 9.90 Å². The highest BCUT2D eigenvalue weighted by atomic mass is 79.9. The van der Waals surface area contributed by atoms with Gasteiger partial charge in [-0.05, 0) is 33.6 Å². The number of hydrogen-bond donors (Lipinski definition) is 3. The number of phenols is 1. The second kappa shape index (κ2) is 5.86. The van der Waals surface area contributed by atoms with Gasteiger partial charge < -0.3 is 16.2 Å². The van der Waals surface area contributed by atoms with Gasteiger partial charge in [-0.2, -0.15) is 0 Å². The van der Waals surface area contributed by atoms with Crippen LogP contribution in [0.4, 0.5) is 5.69 Å². The Bertz CT molecular complexity index is 587.